The van der Waals surface area contributed by atoms with Crippen LogP contribution in [0, 0.1) is 0 Å². The lowest BCUT2D eigenvalue weighted by atomic mass is 10.0. The molecule has 21 heavy (non-hydrogen) atoms. The highest BCUT2D eigenvalue weighted by Gasteiger charge is 2.20. The summed E-state index contributed by atoms with van der Waals surface area (Å²) in [4.78, 5) is 0. The average molecular weight is 284 g/mol. The van der Waals surface area contributed by atoms with Gasteiger partial charge in [0.2, 0.25) is 0 Å². The van der Waals surface area contributed by atoms with Crippen molar-refractivity contribution in [3.8, 4) is 22.6 Å². The molecule has 0 unspecified atom stereocenters. The second kappa shape index (κ2) is 5.50. The molecule has 0 bridgehead atoms. The monoisotopic (exact) mass is 284 g/mol. The maximum absolute atomic E-state index is 9.61. The second-order valence-corrected chi connectivity index (χ2v) is 4.63. The molecule has 0 aliphatic carbocycles. The summed E-state index contributed by atoms with van der Waals surface area (Å²) >= 11 is 0. The molecule has 0 saturated heterocycles. The summed E-state index contributed by atoms with van der Waals surface area (Å²) in [7, 11) is 3.20. The van der Waals surface area contributed by atoms with Crippen molar-refractivity contribution in [2.75, 3.05) is 14.2 Å². The van der Waals surface area contributed by atoms with Gasteiger partial charge < -0.3 is 19.0 Å². The number of benzene rings is 2. The molecule has 0 saturated carbocycles. The Morgan fingerprint density at radius 1 is 1.05 bits per heavy atom. The van der Waals surface area contributed by atoms with E-state index in [1.54, 1.807) is 20.3 Å². The lowest BCUT2D eigenvalue weighted by molar-refractivity contribution is 0.251. The smallest absolute Gasteiger partial charge is 0.142 e. The number of furan rings is 1. The number of hydrogen-bond acceptors (Lipinski definition) is 4. The van der Waals surface area contributed by atoms with E-state index >= 15 is 0 Å². The van der Waals surface area contributed by atoms with Crippen LogP contribution in [0.25, 0.3) is 22.1 Å². The van der Waals surface area contributed by atoms with Crippen LogP contribution in [0.1, 0.15) is 5.76 Å². The molecule has 0 aliphatic heterocycles. The molecule has 4 nitrogen and oxygen atoms in total. The van der Waals surface area contributed by atoms with Crippen molar-refractivity contribution in [3.05, 3.63) is 48.2 Å². The fourth-order valence-electron chi connectivity index (χ4n) is 2.52. The van der Waals surface area contributed by atoms with Crippen LogP contribution in [-0.4, -0.2) is 19.3 Å². The molecule has 1 N–H and O–H groups in total. The normalized spacial score (nSPS) is 10.8. The van der Waals surface area contributed by atoms with E-state index in [2.05, 4.69) is 0 Å². The van der Waals surface area contributed by atoms with E-state index in [0.29, 0.717) is 22.8 Å². The highest BCUT2D eigenvalue weighted by molar-refractivity contribution is 6.00. The first kappa shape index (κ1) is 13.5. The first-order valence-corrected chi connectivity index (χ1v) is 6.62. The highest BCUT2D eigenvalue weighted by Crippen LogP contribution is 2.42. The van der Waals surface area contributed by atoms with Gasteiger partial charge in [-0.15, -0.1) is 0 Å². The molecule has 108 valence electrons. The summed E-state index contributed by atoms with van der Waals surface area (Å²) < 4.78 is 16.5. The van der Waals surface area contributed by atoms with E-state index in [0.717, 1.165) is 16.5 Å². The summed E-state index contributed by atoms with van der Waals surface area (Å²) in [5, 5.41) is 10.4. The predicted octanol–water partition coefficient (Wildman–Crippen LogP) is 3.61. The lowest BCUT2D eigenvalue weighted by Gasteiger charge is -2.07. The number of rotatable bonds is 4. The summed E-state index contributed by atoms with van der Waals surface area (Å²) in [6, 6.07) is 13.4. The number of hydrogen-bond donors (Lipinski definition) is 1. The zero-order valence-corrected chi connectivity index (χ0v) is 11.9. The first-order chi connectivity index (χ1) is 10.3. The Bertz CT molecular complexity index is 759. The molecule has 3 rings (SSSR count). The number of aliphatic hydroxyl groups is 1. The van der Waals surface area contributed by atoms with Crippen LogP contribution in [-0.2, 0) is 6.61 Å². The fraction of sp³-hybridized carbons (Fsp3) is 0.176. The molecule has 0 spiro atoms. The molecule has 4 heteroatoms. The summed E-state index contributed by atoms with van der Waals surface area (Å²) in [5.74, 6) is 1.83. The topological polar surface area (TPSA) is 51.8 Å². The van der Waals surface area contributed by atoms with Crippen molar-refractivity contribution in [2.24, 2.45) is 0 Å². The minimum Gasteiger partial charge on any atom is -0.496 e. The number of aliphatic hydroxyl groups excluding tert-OH is 1. The Balaban J connectivity index is 2.37. The van der Waals surface area contributed by atoms with Gasteiger partial charge in [0.15, 0.2) is 0 Å². The van der Waals surface area contributed by atoms with Crippen molar-refractivity contribution < 1.29 is 19.0 Å². The predicted molar refractivity (Wildman–Crippen MR) is 80.7 cm³/mol. The Morgan fingerprint density at radius 3 is 2.43 bits per heavy atom. The molecule has 0 fully saturated rings. The first-order valence-electron chi connectivity index (χ1n) is 6.62. The molecule has 0 amide bonds. The number of methoxy groups -OCH3 is 2. The summed E-state index contributed by atoms with van der Waals surface area (Å²) in [5.41, 5.74) is 2.46. The van der Waals surface area contributed by atoms with Crippen LogP contribution in [0.5, 0.6) is 11.5 Å². The van der Waals surface area contributed by atoms with Crippen molar-refractivity contribution in [1.82, 2.24) is 0 Å². The van der Waals surface area contributed by atoms with Gasteiger partial charge in [0.1, 0.15) is 29.4 Å². The van der Waals surface area contributed by atoms with Crippen LogP contribution in [0.4, 0.5) is 0 Å². The minimum absolute atomic E-state index is 0.176. The molecule has 0 radical (unpaired) electrons. The molecule has 1 heterocycles. The maximum Gasteiger partial charge on any atom is 0.142 e. The largest absolute Gasteiger partial charge is 0.496 e. The molecule has 1 aromatic heterocycles. The van der Waals surface area contributed by atoms with Gasteiger partial charge in [-0.05, 0) is 5.56 Å². The molecule has 0 aliphatic rings. The quantitative estimate of drug-likeness (QED) is 0.795. The zero-order valence-electron chi connectivity index (χ0n) is 11.9. The van der Waals surface area contributed by atoms with Crippen LogP contribution >= 0.6 is 0 Å². The third kappa shape index (κ3) is 2.23. The lowest BCUT2D eigenvalue weighted by Crippen LogP contribution is -1.89. The molecular formula is C17H16O4. The summed E-state index contributed by atoms with van der Waals surface area (Å²) in [6.45, 7) is -0.176. The standard InChI is InChI=1S/C17H16O4/c1-19-12-8-13(20-2)17-14(9-12)21-15(10-18)16(17)11-6-4-3-5-7-11/h3-9,18H,10H2,1-2H3. The SMILES string of the molecule is COc1cc(OC)c2c(-c3ccccc3)c(CO)oc2c1. The van der Waals surface area contributed by atoms with Crippen LogP contribution in [0.2, 0.25) is 0 Å². The van der Waals surface area contributed by atoms with Crippen LogP contribution < -0.4 is 9.47 Å². The van der Waals surface area contributed by atoms with Crippen LogP contribution in [0.15, 0.2) is 46.9 Å². The van der Waals surface area contributed by atoms with Crippen molar-refractivity contribution in [3.63, 3.8) is 0 Å². The Morgan fingerprint density at radius 2 is 1.81 bits per heavy atom. The Hall–Kier alpha value is -2.46. The van der Waals surface area contributed by atoms with Gasteiger partial charge in [-0.25, -0.2) is 0 Å². The van der Waals surface area contributed by atoms with Gasteiger partial charge in [-0.3, -0.25) is 0 Å². The molecule has 0 atom stereocenters. The third-order valence-electron chi connectivity index (χ3n) is 3.46. The van der Waals surface area contributed by atoms with E-state index in [1.165, 1.54) is 0 Å². The molecule has 3 aromatic rings. The highest BCUT2D eigenvalue weighted by atomic mass is 16.5. The van der Waals surface area contributed by atoms with E-state index in [1.807, 2.05) is 36.4 Å². The second-order valence-electron chi connectivity index (χ2n) is 4.63. The van der Waals surface area contributed by atoms with Gasteiger partial charge in [0.05, 0.1) is 19.6 Å². The van der Waals surface area contributed by atoms with Crippen molar-refractivity contribution in [1.29, 1.82) is 0 Å². The van der Waals surface area contributed by atoms with Crippen molar-refractivity contribution in [2.45, 2.75) is 6.61 Å². The summed E-state index contributed by atoms with van der Waals surface area (Å²) in [6.07, 6.45) is 0. The van der Waals surface area contributed by atoms with Gasteiger partial charge in [-0.2, -0.15) is 0 Å². The number of ether oxygens (including phenoxy) is 2. The van der Waals surface area contributed by atoms with Crippen molar-refractivity contribution >= 4 is 11.0 Å². The van der Waals surface area contributed by atoms with Gasteiger partial charge in [-0.1, -0.05) is 30.3 Å². The average Bonchev–Trinajstić information content (AvgIpc) is 2.93. The van der Waals surface area contributed by atoms with E-state index in [9.17, 15) is 5.11 Å². The molecular weight excluding hydrogens is 268 g/mol. The van der Waals surface area contributed by atoms with Gasteiger partial charge in [0, 0.05) is 17.7 Å². The Kier molecular flexibility index (Phi) is 3.54. The fourth-order valence-corrected chi connectivity index (χ4v) is 2.52. The zero-order chi connectivity index (χ0) is 14.8. The Labute approximate surface area is 122 Å². The van der Waals surface area contributed by atoms with E-state index in [-0.39, 0.29) is 6.61 Å². The van der Waals surface area contributed by atoms with E-state index < -0.39 is 0 Å². The third-order valence-corrected chi connectivity index (χ3v) is 3.46. The maximum atomic E-state index is 9.61. The molecule has 2 aromatic carbocycles. The van der Waals surface area contributed by atoms with Crippen LogP contribution in [0.3, 0.4) is 0 Å². The van der Waals surface area contributed by atoms with E-state index in [4.69, 9.17) is 13.9 Å². The minimum atomic E-state index is -0.176. The number of fused-ring (bicyclic) bond motifs is 1. The van der Waals surface area contributed by atoms with Gasteiger partial charge in [0.25, 0.3) is 0 Å². The van der Waals surface area contributed by atoms with Gasteiger partial charge >= 0.3 is 0 Å².